The molecule has 4 heterocycles. The molecule has 2 aliphatic carbocycles. The zero-order chi connectivity index (χ0) is 41.2. The molecule has 2 fully saturated rings. The van der Waals surface area contributed by atoms with Crippen LogP contribution in [-0.4, -0.2) is 87.9 Å². The molecule has 2 aliphatic heterocycles. The smallest absolute Gasteiger partial charge is 0.261 e. The number of hydrogen-bond donors (Lipinski definition) is 2. The van der Waals surface area contributed by atoms with Crippen LogP contribution in [0.5, 0.6) is 11.5 Å². The Morgan fingerprint density at radius 2 is 0.949 bits per heavy atom. The zero-order valence-electron chi connectivity index (χ0n) is 31.6. The number of carbonyl (C=O) groups excluding carboxylic acids is 4. The van der Waals surface area contributed by atoms with E-state index in [9.17, 15) is 29.4 Å². The summed E-state index contributed by atoms with van der Waals surface area (Å²) in [5.74, 6) is 0.125. The van der Waals surface area contributed by atoms with Crippen molar-refractivity contribution >= 4 is 77.6 Å². The predicted octanol–water partition coefficient (Wildman–Crippen LogP) is 8.06. The molecule has 10 rings (SSSR count). The number of nitrogens with zero attached hydrogens (tertiary/aromatic N) is 6. The van der Waals surface area contributed by atoms with E-state index in [0.717, 1.165) is 45.7 Å². The van der Waals surface area contributed by atoms with Gasteiger partial charge in [-0.25, -0.2) is 9.97 Å². The van der Waals surface area contributed by atoms with Crippen molar-refractivity contribution in [1.29, 1.82) is 0 Å². The van der Waals surface area contributed by atoms with Crippen LogP contribution in [0.15, 0.2) is 107 Å². The first-order valence-corrected chi connectivity index (χ1v) is 20.9. The molecule has 0 atom stereocenters. The largest absolute Gasteiger partial charge is 0.506 e. The lowest BCUT2D eigenvalue weighted by Gasteiger charge is -2.33. The number of aliphatic hydroxyl groups is 1. The number of benzene rings is 4. The van der Waals surface area contributed by atoms with E-state index in [1.807, 2.05) is 18.2 Å². The second-order valence-electron chi connectivity index (χ2n) is 14.7. The number of hydrogen-bond acceptors (Lipinski definition) is 11. The summed E-state index contributed by atoms with van der Waals surface area (Å²) in [7, 11) is 0. The van der Waals surface area contributed by atoms with Crippen molar-refractivity contribution in [1.82, 2.24) is 29.7 Å². The summed E-state index contributed by atoms with van der Waals surface area (Å²) < 4.78 is 7.94. The average molecular weight is 923 g/mol. The molecule has 2 aromatic heterocycles. The van der Waals surface area contributed by atoms with E-state index in [2.05, 4.69) is 51.8 Å². The third-order valence-electron chi connectivity index (χ3n) is 11.0. The van der Waals surface area contributed by atoms with E-state index in [4.69, 9.17) is 4.74 Å². The molecule has 15 heteroatoms. The zero-order valence-corrected chi connectivity index (χ0v) is 34.8. The topological polar surface area (TPSA) is 176 Å². The van der Waals surface area contributed by atoms with Crippen LogP contribution in [0, 0.1) is 0 Å². The SMILES string of the molecule is O=C1c2ccccc2C(=O)N1C1CCC(O)CC1.O=C1c2ccccc2C(=O)N1C1CCC(Oc2cc(Br)cc3nccnc23)CC1.Oc1cc(Br)cc2nccnc12. The maximum atomic E-state index is 12.7. The van der Waals surface area contributed by atoms with Gasteiger partial charge in [-0.05, 0) is 99.9 Å². The second-order valence-corrected chi connectivity index (χ2v) is 16.6. The van der Waals surface area contributed by atoms with Gasteiger partial charge in [0, 0.05) is 45.8 Å². The fourth-order valence-electron chi connectivity index (χ4n) is 8.12. The lowest BCUT2D eigenvalue weighted by Crippen LogP contribution is -2.43. The van der Waals surface area contributed by atoms with Crippen molar-refractivity contribution in [3.8, 4) is 11.5 Å². The molecule has 13 nitrogen and oxygen atoms in total. The van der Waals surface area contributed by atoms with Gasteiger partial charge in [0.15, 0.2) is 0 Å². The van der Waals surface area contributed by atoms with Gasteiger partial charge in [0.1, 0.15) is 22.5 Å². The van der Waals surface area contributed by atoms with E-state index in [1.54, 1.807) is 79.4 Å². The van der Waals surface area contributed by atoms with Gasteiger partial charge >= 0.3 is 0 Å². The first-order chi connectivity index (χ1) is 28.6. The fourth-order valence-corrected chi connectivity index (χ4v) is 8.98. The number of ether oxygens (including phenoxy) is 1. The Hall–Kier alpha value is -5.64. The molecule has 0 spiro atoms. The first-order valence-electron chi connectivity index (χ1n) is 19.4. The number of phenols is 1. The number of aromatic nitrogens is 4. The maximum absolute atomic E-state index is 12.7. The van der Waals surface area contributed by atoms with E-state index in [-0.39, 0.29) is 53.7 Å². The van der Waals surface area contributed by atoms with Gasteiger partial charge in [0.05, 0.1) is 45.5 Å². The Labute approximate surface area is 355 Å². The number of imide groups is 2. The molecule has 2 saturated carbocycles. The Balaban J connectivity index is 0.000000137. The van der Waals surface area contributed by atoms with Crippen molar-refractivity contribution < 1.29 is 34.1 Å². The minimum absolute atomic E-state index is 0.0148. The van der Waals surface area contributed by atoms with E-state index in [1.165, 1.54) is 9.80 Å². The van der Waals surface area contributed by atoms with Gasteiger partial charge in [0.25, 0.3) is 23.6 Å². The lowest BCUT2D eigenvalue weighted by molar-refractivity contribution is 0.0446. The Bertz CT molecular complexity index is 2520. The molecule has 6 aromatic rings. The van der Waals surface area contributed by atoms with Crippen molar-refractivity contribution in [2.24, 2.45) is 0 Å². The Morgan fingerprint density at radius 1 is 0.542 bits per heavy atom. The molecular weight excluding hydrogens is 884 g/mol. The van der Waals surface area contributed by atoms with Crippen molar-refractivity contribution in [3.63, 3.8) is 0 Å². The van der Waals surface area contributed by atoms with E-state index in [0.29, 0.717) is 64.7 Å². The van der Waals surface area contributed by atoms with Crippen LogP contribution in [0.25, 0.3) is 22.1 Å². The molecule has 4 aliphatic rings. The molecule has 59 heavy (non-hydrogen) atoms. The third-order valence-corrected chi connectivity index (χ3v) is 11.9. The number of aromatic hydroxyl groups is 1. The van der Waals surface area contributed by atoms with Crippen molar-refractivity contribution in [2.45, 2.75) is 75.7 Å². The van der Waals surface area contributed by atoms with Gasteiger partial charge in [-0.3, -0.25) is 38.9 Å². The molecule has 4 amide bonds. The molecule has 0 bridgehead atoms. The summed E-state index contributed by atoms with van der Waals surface area (Å²) in [6.07, 6.45) is 11.9. The van der Waals surface area contributed by atoms with E-state index >= 15 is 0 Å². The van der Waals surface area contributed by atoms with Crippen molar-refractivity contribution in [3.05, 3.63) is 129 Å². The quantitative estimate of drug-likeness (QED) is 0.164. The van der Waals surface area contributed by atoms with Crippen LogP contribution >= 0.6 is 31.9 Å². The summed E-state index contributed by atoms with van der Waals surface area (Å²) >= 11 is 6.76. The Morgan fingerprint density at radius 3 is 1.44 bits per heavy atom. The van der Waals surface area contributed by atoms with Crippen LogP contribution in [0.4, 0.5) is 0 Å². The highest BCUT2D eigenvalue weighted by Crippen LogP contribution is 2.35. The van der Waals surface area contributed by atoms with Crippen LogP contribution in [0.3, 0.4) is 0 Å². The number of amides is 4. The highest BCUT2D eigenvalue weighted by molar-refractivity contribution is 9.10. The van der Waals surface area contributed by atoms with Gasteiger partial charge < -0.3 is 14.9 Å². The second kappa shape index (κ2) is 17.3. The number of halogens is 2. The Kier molecular flexibility index (Phi) is 11.8. The molecule has 0 radical (unpaired) electrons. The fraction of sp³-hybridized carbons (Fsp3) is 0.273. The van der Waals surface area contributed by atoms with Gasteiger partial charge in [-0.1, -0.05) is 56.1 Å². The summed E-state index contributed by atoms with van der Waals surface area (Å²) in [4.78, 5) is 69.5. The number of rotatable bonds is 4. The number of phenolic OH excluding ortho intramolecular Hbond substituents is 1. The minimum Gasteiger partial charge on any atom is -0.506 e. The summed E-state index contributed by atoms with van der Waals surface area (Å²) in [5, 5.41) is 18.9. The summed E-state index contributed by atoms with van der Waals surface area (Å²) in [6.45, 7) is 0. The van der Waals surface area contributed by atoms with Crippen LogP contribution in [-0.2, 0) is 0 Å². The predicted molar refractivity (Wildman–Crippen MR) is 225 cm³/mol. The number of carbonyl (C=O) groups is 4. The lowest BCUT2D eigenvalue weighted by atomic mass is 9.91. The van der Waals surface area contributed by atoms with Crippen LogP contribution in [0.1, 0.15) is 92.8 Å². The molecule has 4 aromatic carbocycles. The summed E-state index contributed by atoms with van der Waals surface area (Å²) in [6, 6.07) is 21.1. The molecule has 0 unspecified atom stereocenters. The standard InChI is InChI=1S/C22H18BrN3O3.C14H15NO3.C8H5BrN2O/c23-13-11-18-20(25-10-9-24-18)19(12-13)29-15-7-5-14(6-8-15)26-21(27)16-3-1-2-4-17(16)22(26)28;16-10-7-5-9(6-8-10)15-13(17)11-3-1-2-4-12(11)14(15)18;9-5-3-6-8(7(12)4-5)11-2-1-10-6/h1-4,9-12,14-15H,5-8H2;1-4,9-10,16H,5-8H2;1-4,12H. The van der Waals surface area contributed by atoms with Gasteiger partial charge in [0.2, 0.25) is 0 Å². The molecule has 300 valence electrons. The van der Waals surface area contributed by atoms with Crippen molar-refractivity contribution in [2.75, 3.05) is 0 Å². The normalized spacial score (nSPS) is 21.1. The van der Waals surface area contributed by atoms with Gasteiger partial charge in [-0.2, -0.15) is 0 Å². The first kappa shape index (κ1) is 40.2. The van der Waals surface area contributed by atoms with Crippen LogP contribution < -0.4 is 4.74 Å². The monoisotopic (exact) mass is 920 g/mol. The van der Waals surface area contributed by atoms with E-state index < -0.39 is 0 Å². The highest BCUT2D eigenvalue weighted by atomic mass is 79.9. The van der Waals surface area contributed by atoms with Gasteiger partial charge in [-0.15, -0.1) is 0 Å². The van der Waals surface area contributed by atoms with Crippen LogP contribution in [0.2, 0.25) is 0 Å². The third kappa shape index (κ3) is 8.32. The maximum Gasteiger partial charge on any atom is 0.261 e. The average Bonchev–Trinajstić information content (AvgIpc) is 3.65. The minimum atomic E-state index is -0.281. The molecule has 2 N–H and O–H groups in total. The summed E-state index contributed by atoms with van der Waals surface area (Å²) in [5.41, 5.74) is 4.76. The molecule has 0 saturated heterocycles. The highest BCUT2D eigenvalue weighted by Gasteiger charge is 2.42. The number of fused-ring (bicyclic) bond motifs is 4. The number of aliphatic hydroxyl groups excluding tert-OH is 1. The molecular formula is C44H38Br2N6O7.